The topological polar surface area (TPSA) is 52.0 Å². The molecule has 0 spiro atoms. The molecule has 0 radical (unpaired) electrons. The van der Waals surface area contributed by atoms with E-state index in [4.69, 9.17) is 11.5 Å². The lowest BCUT2D eigenvalue weighted by Crippen LogP contribution is -2.65. The Kier molecular flexibility index (Phi) is 5.23. The molecule has 4 N–H and O–H groups in total. The van der Waals surface area contributed by atoms with Gasteiger partial charge in [-0.15, -0.1) is 0 Å². The Morgan fingerprint density at radius 2 is 0.655 bits per heavy atom. The number of nitrogens with two attached hydrogens (primary N) is 2. The number of nitrogen functional groups attached to an aromatic ring is 2. The predicted molar refractivity (Wildman–Crippen MR) is 84.3 cm³/mol. The molecule has 0 saturated carbocycles. The van der Waals surface area contributed by atoms with Gasteiger partial charge >= 0.3 is 29.6 Å². The standard InChI is InChI=1S/C17H12F10N2/c18-13(19,9-1-5-11(28)6-2-9)15(22,23)17(26,27)16(24,25)14(20,21)10-3-7-12(29)8-4-10/h1-8H,28-29H2. The lowest BCUT2D eigenvalue weighted by Gasteiger charge is -2.39. The van der Waals surface area contributed by atoms with Gasteiger partial charge in [0.05, 0.1) is 0 Å². The van der Waals surface area contributed by atoms with E-state index in [9.17, 15) is 43.9 Å². The lowest BCUT2D eigenvalue weighted by molar-refractivity contribution is -0.407. The fourth-order valence-corrected chi connectivity index (χ4v) is 2.34. The summed E-state index contributed by atoms with van der Waals surface area (Å²) in [6.45, 7) is 0. The summed E-state index contributed by atoms with van der Waals surface area (Å²) in [6.07, 6.45) is 0. The molecular weight excluding hydrogens is 422 g/mol. The maximum Gasteiger partial charge on any atom is 0.385 e. The van der Waals surface area contributed by atoms with Gasteiger partial charge in [0.25, 0.3) is 0 Å². The van der Waals surface area contributed by atoms with Crippen molar-refractivity contribution in [3.63, 3.8) is 0 Å². The molecule has 160 valence electrons. The van der Waals surface area contributed by atoms with E-state index in [2.05, 4.69) is 0 Å². The van der Waals surface area contributed by atoms with Crippen molar-refractivity contribution in [2.24, 2.45) is 0 Å². The fourth-order valence-electron chi connectivity index (χ4n) is 2.34. The van der Waals surface area contributed by atoms with Crippen LogP contribution in [0, 0.1) is 0 Å². The Morgan fingerprint density at radius 1 is 0.414 bits per heavy atom. The van der Waals surface area contributed by atoms with Gasteiger partial charge in [0, 0.05) is 22.5 Å². The van der Waals surface area contributed by atoms with Crippen molar-refractivity contribution in [2.45, 2.75) is 29.6 Å². The van der Waals surface area contributed by atoms with Crippen LogP contribution in [-0.2, 0) is 11.8 Å². The molecular formula is C17H12F10N2. The molecule has 0 aliphatic rings. The van der Waals surface area contributed by atoms with Gasteiger partial charge in [-0.25, -0.2) is 0 Å². The molecule has 0 aromatic heterocycles. The highest BCUT2D eigenvalue weighted by molar-refractivity contribution is 5.42. The number of benzene rings is 2. The molecule has 0 fully saturated rings. The van der Waals surface area contributed by atoms with Crippen LogP contribution < -0.4 is 11.5 Å². The smallest absolute Gasteiger partial charge is 0.385 e. The van der Waals surface area contributed by atoms with Gasteiger partial charge < -0.3 is 11.5 Å². The summed E-state index contributed by atoms with van der Waals surface area (Å²) >= 11 is 0. The first-order valence-electron chi connectivity index (χ1n) is 7.61. The summed E-state index contributed by atoms with van der Waals surface area (Å²) in [5.74, 6) is -32.9. The van der Waals surface area contributed by atoms with Crippen LogP contribution in [0.1, 0.15) is 11.1 Å². The summed E-state index contributed by atoms with van der Waals surface area (Å²) in [5, 5.41) is 0. The summed E-state index contributed by atoms with van der Waals surface area (Å²) < 4.78 is 140. The van der Waals surface area contributed by atoms with Crippen molar-refractivity contribution < 1.29 is 43.9 Å². The quantitative estimate of drug-likeness (QED) is 0.457. The highest BCUT2D eigenvalue weighted by atomic mass is 19.4. The highest BCUT2D eigenvalue weighted by Crippen LogP contribution is 2.61. The van der Waals surface area contributed by atoms with Gasteiger partial charge in [0.1, 0.15) is 0 Å². The SMILES string of the molecule is Nc1ccc(C(F)(F)C(F)(F)C(F)(F)C(F)(F)C(F)(F)c2ccc(N)cc2)cc1. The third kappa shape index (κ3) is 3.23. The first-order valence-corrected chi connectivity index (χ1v) is 7.61. The van der Waals surface area contributed by atoms with Crippen molar-refractivity contribution in [3.8, 4) is 0 Å². The molecule has 0 amide bonds. The number of hydrogen-bond donors (Lipinski definition) is 2. The zero-order chi connectivity index (χ0) is 22.5. The van der Waals surface area contributed by atoms with Crippen LogP contribution in [0.15, 0.2) is 48.5 Å². The largest absolute Gasteiger partial charge is 0.399 e. The second kappa shape index (κ2) is 6.70. The van der Waals surface area contributed by atoms with Gasteiger partial charge in [0.15, 0.2) is 0 Å². The lowest BCUT2D eigenvalue weighted by atomic mass is 9.88. The van der Waals surface area contributed by atoms with Crippen LogP contribution in [0.2, 0.25) is 0 Å². The second-order valence-electron chi connectivity index (χ2n) is 6.12. The molecule has 0 bridgehead atoms. The second-order valence-corrected chi connectivity index (χ2v) is 6.12. The molecule has 0 aliphatic carbocycles. The van der Waals surface area contributed by atoms with Crippen LogP contribution in [0.25, 0.3) is 0 Å². The average Bonchev–Trinajstić information content (AvgIpc) is 2.61. The minimum atomic E-state index is -7.17. The van der Waals surface area contributed by atoms with E-state index in [1.807, 2.05) is 0 Å². The molecule has 2 rings (SSSR count). The summed E-state index contributed by atoms with van der Waals surface area (Å²) in [5.41, 5.74) is 6.24. The van der Waals surface area contributed by atoms with Crippen LogP contribution >= 0.6 is 0 Å². The Bertz CT molecular complexity index is 789. The maximum atomic E-state index is 14.1. The monoisotopic (exact) mass is 434 g/mol. The Morgan fingerprint density at radius 3 is 0.897 bits per heavy atom. The molecule has 0 atom stereocenters. The molecule has 0 unspecified atom stereocenters. The van der Waals surface area contributed by atoms with E-state index in [1.165, 1.54) is 0 Å². The Balaban J connectivity index is 2.57. The van der Waals surface area contributed by atoms with Crippen LogP contribution in [0.5, 0.6) is 0 Å². The number of hydrogen-bond acceptors (Lipinski definition) is 2. The van der Waals surface area contributed by atoms with E-state index < -0.39 is 40.7 Å². The first-order chi connectivity index (χ1) is 13.0. The normalized spacial score (nSPS) is 14.1. The molecule has 2 nitrogen and oxygen atoms in total. The van der Waals surface area contributed by atoms with E-state index in [0.717, 1.165) is 0 Å². The van der Waals surface area contributed by atoms with Crippen LogP contribution in [-0.4, -0.2) is 17.8 Å². The first kappa shape index (κ1) is 22.6. The molecule has 0 aliphatic heterocycles. The predicted octanol–water partition coefficient (Wildman–Crippen LogP) is 5.64. The number of halogens is 10. The zero-order valence-electron chi connectivity index (χ0n) is 14.1. The molecule has 12 heteroatoms. The minimum absolute atomic E-state index is 0.190. The van der Waals surface area contributed by atoms with E-state index in [1.54, 1.807) is 0 Å². The van der Waals surface area contributed by atoms with Crippen molar-refractivity contribution in [3.05, 3.63) is 59.7 Å². The van der Waals surface area contributed by atoms with Crippen LogP contribution in [0.3, 0.4) is 0 Å². The summed E-state index contributed by atoms with van der Waals surface area (Å²) in [4.78, 5) is 0. The Labute approximate surface area is 157 Å². The molecule has 2 aromatic rings. The number of anilines is 2. The van der Waals surface area contributed by atoms with Crippen molar-refractivity contribution in [1.82, 2.24) is 0 Å². The van der Waals surface area contributed by atoms with Gasteiger partial charge in [-0.1, -0.05) is 24.3 Å². The van der Waals surface area contributed by atoms with E-state index in [-0.39, 0.29) is 35.6 Å². The fraction of sp³-hybridized carbons (Fsp3) is 0.294. The van der Waals surface area contributed by atoms with Gasteiger partial charge in [-0.3, -0.25) is 0 Å². The highest BCUT2D eigenvalue weighted by Gasteiger charge is 2.86. The number of rotatable bonds is 6. The van der Waals surface area contributed by atoms with Crippen molar-refractivity contribution in [2.75, 3.05) is 11.5 Å². The van der Waals surface area contributed by atoms with Crippen molar-refractivity contribution in [1.29, 1.82) is 0 Å². The maximum absolute atomic E-state index is 14.1. The Hall–Kier alpha value is -2.66. The third-order valence-electron chi connectivity index (χ3n) is 4.12. The van der Waals surface area contributed by atoms with Gasteiger partial charge in [-0.2, -0.15) is 43.9 Å². The van der Waals surface area contributed by atoms with Gasteiger partial charge in [-0.05, 0) is 24.3 Å². The van der Waals surface area contributed by atoms with E-state index in [0.29, 0.717) is 24.3 Å². The van der Waals surface area contributed by atoms with Crippen LogP contribution in [0.4, 0.5) is 55.3 Å². The summed E-state index contributed by atoms with van der Waals surface area (Å²) in [6, 6.07) is 3.25. The minimum Gasteiger partial charge on any atom is -0.399 e. The third-order valence-corrected chi connectivity index (χ3v) is 4.12. The average molecular weight is 434 g/mol. The molecule has 0 heterocycles. The van der Waals surface area contributed by atoms with E-state index >= 15 is 0 Å². The number of alkyl halides is 10. The molecule has 0 saturated heterocycles. The van der Waals surface area contributed by atoms with Crippen molar-refractivity contribution >= 4 is 11.4 Å². The summed E-state index contributed by atoms with van der Waals surface area (Å²) in [7, 11) is 0. The molecule has 2 aromatic carbocycles. The zero-order valence-corrected chi connectivity index (χ0v) is 14.1. The van der Waals surface area contributed by atoms with Gasteiger partial charge in [0.2, 0.25) is 0 Å². The molecule has 29 heavy (non-hydrogen) atoms.